The fourth-order valence-corrected chi connectivity index (χ4v) is 1.62. The van der Waals surface area contributed by atoms with Gasteiger partial charge in [-0.2, -0.15) is 5.10 Å². The molecular weight excluding hydrogens is 172 g/mol. The first-order chi connectivity index (χ1) is 6.91. The monoisotopic (exact) mass is 198 g/mol. The predicted molar refractivity (Wildman–Crippen MR) is 64.5 cm³/mol. The minimum atomic E-state index is 1.05. The molecule has 0 aromatic rings. The Hall–Kier alpha value is -0.530. The van der Waals surface area contributed by atoms with E-state index in [2.05, 4.69) is 12.0 Å². The highest BCUT2D eigenvalue weighted by atomic mass is 15.1. The second-order valence-corrected chi connectivity index (χ2v) is 3.95. The van der Waals surface area contributed by atoms with Crippen LogP contribution in [0.1, 0.15) is 71.1 Å². The van der Waals surface area contributed by atoms with Crippen molar-refractivity contribution >= 4 is 6.21 Å². The summed E-state index contributed by atoms with van der Waals surface area (Å²) >= 11 is 0. The van der Waals surface area contributed by atoms with E-state index in [9.17, 15) is 0 Å². The highest BCUT2D eigenvalue weighted by Crippen LogP contribution is 2.09. The van der Waals surface area contributed by atoms with Gasteiger partial charge in [-0.05, 0) is 12.8 Å². The van der Waals surface area contributed by atoms with Gasteiger partial charge in [-0.15, -0.1) is 0 Å². The van der Waals surface area contributed by atoms with E-state index in [4.69, 9.17) is 5.84 Å². The van der Waals surface area contributed by atoms with Crippen molar-refractivity contribution in [3.63, 3.8) is 0 Å². The normalized spacial score (nSPS) is 11.2. The number of unbranched alkanes of at least 4 members (excludes halogenated alkanes) is 9. The average molecular weight is 198 g/mol. The van der Waals surface area contributed by atoms with E-state index in [0.29, 0.717) is 0 Å². The maximum atomic E-state index is 5.01. The molecule has 0 aliphatic heterocycles. The first-order valence-corrected chi connectivity index (χ1v) is 6.13. The summed E-state index contributed by atoms with van der Waals surface area (Å²) in [5.41, 5.74) is 0. The fraction of sp³-hybridized carbons (Fsp3) is 0.917. The highest BCUT2D eigenvalue weighted by molar-refractivity contribution is 5.56. The van der Waals surface area contributed by atoms with Crippen molar-refractivity contribution in [1.29, 1.82) is 0 Å². The maximum Gasteiger partial charge on any atom is 0.0240 e. The second-order valence-electron chi connectivity index (χ2n) is 3.95. The van der Waals surface area contributed by atoms with Crippen molar-refractivity contribution in [2.45, 2.75) is 71.1 Å². The molecule has 0 saturated carbocycles. The highest BCUT2D eigenvalue weighted by Gasteiger charge is 1.90. The molecule has 0 aromatic carbocycles. The molecule has 0 aromatic heterocycles. The number of hydrazone groups is 1. The van der Waals surface area contributed by atoms with Crippen LogP contribution in [0.2, 0.25) is 0 Å². The largest absolute Gasteiger partial charge is 0.324 e. The topological polar surface area (TPSA) is 38.4 Å². The van der Waals surface area contributed by atoms with E-state index < -0.39 is 0 Å². The summed E-state index contributed by atoms with van der Waals surface area (Å²) in [5, 5.41) is 3.48. The van der Waals surface area contributed by atoms with Crippen LogP contribution < -0.4 is 5.84 Å². The first-order valence-electron chi connectivity index (χ1n) is 6.13. The van der Waals surface area contributed by atoms with Crippen LogP contribution in [-0.4, -0.2) is 6.21 Å². The molecule has 0 bridgehead atoms. The molecule has 0 saturated heterocycles. The second kappa shape index (κ2) is 12.5. The van der Waals surface area contributed by atoms with Gasteiger partial charge in [0.1, 0.15) is 0 Å². The van der Waals surface area contributed by atoms with Gasteiger partial charge in [0.15, 0.2) is 0 Å². The van der Waals surface area contributed by atoms with Gasteiger partial charge in [0.2, 0.25) is 0 Å². The smallest absolute Gasteiger partial charge is 0.0240 e. The zero-order valence-corrected chi connectivity index (χ0v) is 9.67. The van der Waals surface area contributed by atoms with Gasteiger partial charge in [0.05, 0.1) is 0 Å². The van der Waals surface area contributed by atoms with E-state index >= 15 is 0 Å². The van der Waals surface area contributed by atoms with Crippen molar-refractivity contribution in [2.75, 3.05) is 0 Å². The Kier molecular flexibility index (Phi) is 12.0. The molecule has 84 valence electrons. The summed E-state index contributed by atoms with van der Waals surface area (Å²) in [6.45, 7) is 2.26. The summed E-state index contributed by atoms with van der Waals surface area (Å²) in [6, 6.07) is 0. The van der Waals surface area contributed by atoms with E-state index in [1.54, 1.807) is 6.21 Å². The number of nitrogens with two attached hydrogens (primary N) is 1. The third-order valence-electron chi connectivity index (χ3n) is 2.54. The number of hydrogen-bond donors (Lipinski definition) is 1. The quantitative estimate of drug-likeness (QED) is 0.246. The molecule has 0 rings (SSSR count). The van der Waals surface area contributed by atoms with Gasteiger partial charge in [-0.25, -0.2) is 0 Å². The summed E-state index contributed by atoms with van der Waals surface area (Å²) in [4.78, 5) is 0. The van der Waals surface area contributed by atoms with Crippen LogP contribution >= 0.6 is 0 Å². The molecule has 0 spiro atoms. The van der Waals surface area contributed by atoms with Crippen LogP contribution in [-0.2, 0) is 0 Å². The lowest BCUT2D eigenvalue weighted by atomic mass is 10.1. The Balaban J connectivity index is 2.85. The van der Waals surface area contributed by atoms with E-state index in [-0.39, 0.29) is 0 Å². The van der Waals surface area contributed by atoms with E-state index in [1.165, 1.54) is 57.8 Å². The van der Waals surface area contributed by atoms with Crippen LogP contribution in [0.15, 0.2) is 5.10 Å². The molecule has 0 fully saturated rings. The third kappa shape index (κ3) is 11.5. The molecule has 0 aliphatic rings. The Bertz CT molecular complexity index is 121. The van der Waals surface area contributed by atoms with Crippen molar-refractivity contribution in [3.05, 3.63) is 0 Å². The number of nitrogens with zero attached hydrogens (tertiary/aromatic N) is 1. The standard InChI is InChI=1S/C12H26N2/c1-2-3-4-5-6-7-8-9-10-11-12-14-13/h12H,2-11,13H2,1H3/b14-12+. The first kappa shape index (κ1) is 13.5. The molecule has 2 N–H and O–H groups in total. The van der Waals surface area contributed by atoms with E-state index in [1.807, 2.05) is 0 Å². The molecular formula is C12H26N2. The molecule has 14 heavy (non-hydrogen) atoms. The van der Waals surface area contributed by atoms with Crippen LogP contribution in [0.5, 0.6) is 0 Å². The van der Waals surface area contributed by atoms with Crippen molar-refractivity contribution in [2.24, 2.45) is 10.9 Å². The van der Waals surface area contributed by atoms with Gasteiger partial charge in [0, 0.05) is 6.21 Å². The lowest BCUT2D eigenvalue weighted by Gasteiger charge is -2.00. The summed E-state index contributed by atoms with van der Waals surface area (Å²) < 4.78 is 0. The number of hydrogen-bond acceptors (Lipinski definition) is 2. The zero-order chi connectivity index (χ0) is 10.5. The Morgan fingerprint density at radius 2 is 1.36 bits per heavy atom. The van der Waals surface area contributed by atoms with Crippen LogP contribution in [0.25, 0.3) is 0 Å². The number of rotatable bonds is 10. The fourth-order valence-electron chi connectivity index (χ4n) is 1.62. The molecule has 0 heterocycles. The maximum absolute atomic E-state index is 5.01. The zero-order valence-electron chi connectivity index (χ0n) is 9.67. The van der Waals surface area contributed by atoms with Crippen molar-refractivity contribution in [3.8, 4) is 0 Å². The third-order valence-corrected chi connectivity index (χ3v) is 2.54. The lowest BCUT2D eigenvalue weighted by molar-refractivity contribution is 0.569. The molecule has 0 aliphatic carbocycles. The molecule has 0 amide bonds. The van der Waals surface area contributed by atoms with E-state index in [0.717, 1.165) is 6.42 Å². The minimum Gasteiger partial charge on any atom is -0.324 e. The van der Waals surface area contributed by atoms with Gasteiger partial charge in [-0.1, -0.05) is 58.3 Å². The molecule has 0 radical (unpaired) electrons. The Morgan fingerprint density at radius 1 is 0.857 bits per heavy atom. The summed E-state index contributed by atoms with van der Waals surface area (Å²) in [6.07, 6.45) is 15.3. The molecule has 0 unspecified atom stereocenters. The van der Waals surface area contributed by atoms with Gasteiger partial charge < -0.3 is 5.84 Å². The van der Waals surface area contributed by atoms with Crippen LogP contribution in [0.4, 0.5) is 0 Å². The molecule has 2 nitrogen and oxygen atoms in total. The van der Waals surface area contributed by atoms with Gasteiger partial charge >= 0.3 is 0 Å². The van der Waals surface area contributed by atoms with Crippen LogP contribution in [0.3, 0.4) is 0 Å². The Morgan fingerprint density at radius 3 is 1.86 bits per heavy atom. The SMILES string of the molecule is CCCCCCCCCCC/C=N/N. The summed E-state index contributed by atoms with van der Waals surface area (Å²) in [5.74, 6) is 5.01. The van der Waals surface area contributed by atoms with Gasteiger partial charge in [-0.3, -0.25) is 0 Å². The van der Waals surface area contributed by atoms with Crippen molar-refractivity contribution in [1.82, 2.24) is 0 Å². The molecule has 2 heteroatoms. The Labute approximate surface area is 89.0 Å². The van der Waals surface area contributed by atoms with Crippen LogP contribution in [0, 0.1) is 0 Å². The average Bonchev–Trinajstić information content (AvgIpc) is 2.21. The predicted octanol–water partition coefficient (Wildman–Crippen LogP) is 3.85. The minimum absolute atomic E-state index is 1.05. The summed E-state index contributed by atoms with van der Waals surface area (Å²) in [7, 11) is 0. The molecule has 0 atom stereocenters. The van der Waals surface area contributed by atoms with Crippen molar-refractivity contribution < 1.29 is 0 Å². The van der Waals surface area contributed by atoms with Gasteiger partial charge in [0.25, 0.3) is 0 Å². The lowest BCUT2D eigenvalue weighted by Crippen LogP contribution is -1.84.